The van der Waals surface area contributed by atoms with Gasteiger partial charge in [0.15, 0.2) is 0 Å². The highest BCUT2D eigenvalue weighted by Gasteiger charge is 2.13. The fourth-order valence-electron chi connectivity index (χ4n) is 2.19. The van der Waals surface area contributed by atoms with Crippen molar-refractivity contribution >= 4 is 46.4 Å². The van der Waals surface area contributed by atoms with Gasteiger partial charge in [0.2, 0.25) is 0 Å². The zero-order chi connectivity index (χ0) is 15.4. The molecule has 1 N–H and O–H groups in total. The van der Waals surface area contributed by atoms with Gasteiger partial charge in [0.1, 0.15) is 0 Å². The highest BCUT2D eigenvalue weighted by atomic mass is 35.5. The Balaban J connectivity index is 2.14. The van der Waals surface area contributed by atoms with E-state index < -0.39 is 0 Å². The van der Waals surface area contributed by atoms with Gasteiger partial charge in [0, 0.05) is 26.1 Å². The first kappa shape index (κ1) is 16.9. The van der Waals surface area contributed by atoms with Crippen LogP contribution in [0.1, 0.15) is 11.1 Å². The van der Waals surface area contributed by atoms with Gasteiger partial charge in [-0.25, -0.2) is 0 Å². The Morgan fingerprint density at radius 3 is 2.10 bits per heavy atom. The van der Waals surface area contributed by atoms with Crippen LogP contribution in [-0.4, -0.2) is 13.1 Å². The summed E-state index contributed by atoms with van der Waals surface area (Å²) < 4.78 is 0. The van der Waals surface area contributed by atoms with E-state index in [4.69, 9.17) is 46.4 Å². The fraction of sp³-hybridized carbons (Fsp3) is 0.250. The van der Waals surface area contributed by atoms with E-state index in [1.165, 1.54) is 0 Å². The zero-order valence-electron chi connectivity index (χ0n) is 11.5. The van der Waals surface area contributed by atoms with Crippen molar-refractivity contribution in [3.63, 3.8) is 0 Å². The van der Waals surface area contributed by atoms with Crippen LogP contribution in [0.4, 0.5) is 0 Å². The van der Waals surface area contributed by atoms with Gasteiger partial charge in [0.05, 0.1) is 0 Å². The van der Waals surface area contributed by atoms with E-state index in [1.54, 1.807) is 12.1 Å². The Kier molecular flexibility index (Phi) is 6.21. The summed E-state index contributed by atoms with van der Waals surface area (Å²) in [5.74, 6) is 0. The van der Waals surface area contributed by atoms with Gasteiger partial charge in [-0.3, -0.25) is 0 Å². The topological polar surface area (TPSA) is 12.0 Å². The van der Waals surface area contributed by atoms with Crippen molar-refractivity contribution in [2.24, 2.45) is 0 Å². The third-order valence-corrected chi connectivity index (χ3v) is 4.55. The predicted molar refractivity (Wildman–Crippen MR) is 93.2 cm³/mol. The maximum atomic E-state index is 6.23. The van der Waals surface area contributed by atoms with E-state index in [2.05, 4.69) is 5.32 Å². The molecular formula is C16H15Cl4N. The van der Waals surface area contributed by atoms with Crippen molar-refractivity contribution in [2.45, 2.75) is 18.9 Å². The molecule has 0 saturated heterocycles. The van der Waals surface area contributed by atoms with E-state index in [0.717, 1.165) is 29.0 Å². The molecule has 2 rings (SSSR count). The molecule has 2 aromatic rings. The maximum absolute atomic E-state index is 6.23. The van der Waals surface area contributed by atoms with E-state index in [-0.39, 0.29) is 6.04 Å². The molecule has 0 aromatic heterocycles. The maximum Gasteiger partial charge on any atom is 0.0453 e. The highest BCUT2D eigenvalue weighted by molar-refractivity contribution is 6.35. The molecule has 0 aliphatic heterocycles. The van der Waals surface area contributed by atoms with Gasteiger partial charge in [-0.1, -0.05) is 52.5 Å². The molecule has 2 aromatic carbocycles. The number of hydrogen-bond donors (Lipinski definition) is 1. The van der Waals surface area contributed by atoms with Crippen LogP contribution < -0.4 is 5.32 Å². The summed E-state index contributed by atoms with van der Waals surface area (Å²) in [6.45, 7) is 0. The van der Waals surface area contributed by atoms with Crippen molar-refractivity contribution in [2.75, 3.05) is 7.05 Å². The molecule has 0 amide bonds. The SMILES string of the molecule is CNC(Cc1ccc(Cl)cc1Cl)Cc1cc(Cl)ccc1Cl. The summed E-state index contributed by atoms with van der Waals surface area (Å²) in [6.07, 6.45) is 1.56. The smallest absolute Gasteiger partial charge is 0.0453 e. The number of likely N-dealkylation sites (N-methyl/N-ethyl adjacent to an activating group) is 1. The van der Waals surface area contributed by atoms with Crippen LogP contribution in [0.25, 0.3) is 0 Å². The third kappa shape index (κ3) is 4.77. The molecular weight excluding hydrogens is 348 g/mol. The number of hydrogen-bond acceptors (Lipinski definition) is 1. The summed E-state index contributed by atoms with van der Waals surface area (Å²) >= 11 is 24.4. The molecule has 1 unspecified atom stereocenters. The molecule has 21 heavy (non-hydrogen) atoms. The van der Waals surface area contributed by atoms with Crippen molar-refractivity contribution in [3.05, 3.63) is 67.6 Å². The number of nitrogens with one attached hydrogen (secondary N) is 1. The minimum Gasteiger partial charge on any atom is -0.316 e. The first-order valence-corrected chi connectivity index (χ1v) is 8.06. The Morgan fingerprint density at radius 1 is 0.810 bits per heavy atom. The second-order valence-corrected chi connectivity index (χ2v) is 6.55. The average Bonchev–Trinajstić information content (AvgIpc) is 2.44. The van der Waals surface area contributed by atoms with Gasteiger partial charge in [0.25, 0.3) is 0 Å². The predicted octanol–water partition coefficient (Wildman–Crippen LogP) is 5.67. The lowest BCUT2D eigenvalue weighted by Crippen LogP contribution is -2.30. The average molecular weight is 363 g/mol. The number of rotatable bonds is 5. The minimum absolute atomic E-state index is 0.208. The first-order valence-electron chi connectivity index (χ1n) is 6.54. The highest BCUT2D eigenvalue weighted by Crippen LogP contribution is 2.25. The molecule has 0 spiro atoms. The Bertz CT molecular complexity index is 628. The molecule has 112 valence electrons. The molecule has 0 radical (unpaired) electrons. The first-order chi connectivity index (χ1) is 9.99. The van der Waals surface area contributed by atoms with Gasteiger partial charge in [-0.2, -0.15) is 0 Å². The molecule has 0 saturated carbocycles. The molecule has 0 bridgehead atoms. The summed E-state index contributed by atoms with van der Waals surface area (Å²) in [6, 6.07) is 11.3. The number of benzene rings is 2. The summed E-state index contributed by atoms with van der Waals surface area (Å²) in [5.41, 5.74) is 2.08. The van der Waals surface area contributed by atoms with E-state index in [9.17, 15) is 0 Å². The molecule has 0 fully saturated rings. The molecule has 1 nitrogen and oxygen atoms in total. The van der Waals surface area contributed by atoms with E-state index >= 15 is 0 Å². The summed E-state index contributed by atoms with van der Waals surface area (Å²) in [5, 5.41) is 6.03. The van der Waals surface area contributed by atoms with Crippen molar-refractivity contribution in [1.82, 2.24) is 5.32 Å². The van der Waals surface area contributed by atoms with Crippen molar-refractivity contribution in [3.8, 4) is 0 Å². The van der Waals surface area contributed by atoms with Crippen molar-refractivity contribution < 1.29 is 0 Å². The lowest BCUT2D eigenvalue weighted by molar-refractivity contribution is 0.556. The van der Waals surface area contributed by atoms with Crippen LogP contribution in [-0.2, 0) is 12.8 Å². The zero-order valence-corrected chi connectivity index (χ0v) is 14.5. The largest absolute Gasteiger partial charge is 0.316 e. The van der Waals surface area contributed by atoms with Crippen LogP contribution in [0.15, 0.2) is 36.4 Å². The molecule has 0 aliphatic rings. The second-order valence-electron chi connectivity index (χ2n) is 4.87. The van der Waals surface area contributed by atoms with Crippen molar-refractivity contribution in [1.29, 1.82) is 0 Å². The fourth-order valence-corrected chi connectivity index (χ4v) is 3.07. The van der Waals surface area contributed by atoms with Crippen LogP contribution in [0.3, 0.4) is 0 Å². The molecule has 5 heteroatoms. The Labute approximate surface area is 145 Å². The summed E-state index contributed by atoms with van der Waals surface area (Å²) in [4.78, 5) is 0. The van der Waals surface area contributed by atoms with E-state index in [0.29, 0.717) is 15.1 Å². The van der Waals surface area contributed by atoms with Crippen LogP contribution in [0.5, 0.6) is 0 Å². The number of halogens is 4. The Hall–Kier alpha value is -0.440. The normalized spacial score (nSPS) is 12.4. The minimum atomic E-state index is 0.208. The quantitative estimate of drug-likeness (QED) is 0.722. The lowest BCUT2D eigenvalue weighted by Gasteiger charge is -2.18. The van der Waals surface area contributed by atoms with Crippen LogP contribution in [0, 0.1) is 0 Å². The van der Waals surface area contributed by atoms with E-state index in [1.807, 2.05) is 31.3 Å². The summed E-state index contributed by atoms with van der Waals surface area (Å²) in [7, 11) is 1.92. The van der Waals surface area contributed by atoms with Crippen LogP contribution >= 0.6 is 46.4 Å². The second kappa shape index (κ2) is 7.71. The third-order valence-electron chi connectivity index (χ3n) is 3.36. The Morgan fingerprint density at radius 2 is 1.43 bits per heavy atom. The van der Waals surface area contributed by atoms with Gasteiger partial charge >= 0.3 is 0 Å². The standard InChI is InChI=1S/C16H15Cl4N/c1-21-14(7-10-2-3-13(18)9-16(10)20)8-11-6-12(17)4-5-15(11)19/h2-6,9,14,21H,7-8H2,1H3. The molecule has 0 aliphatic carbocycles. The van der Waals surface area contributed by atoms with Gasteiger partial charge < -0.3 is 5.32 Å². The van der Waals surface area contributed by atoms with Crippen LogP contribution in [0.2, 0.25) is 20.1 Å². The van der Waals surface area contributed by atoms with Gasteiger partial charge in [-0.15, -0.1) is 0 Å². The lowest BCUT2D eigenvalue weighted by atomic mass is 9.99. The van der Waals surface area contributed by atoms with Gasteiger partial charge in [-0.05, 0) is 61.3 Å². The molecule has 1 atom stereocenters. The monoisotopic (exact) mass is 361 g/mol. The molecule has 0 heterocycles.